The summed E-state index contributed by atoms with van der Waals surface area (Å²) in [6.07, 6.45) is -0.255. The highest BCUT2D eigenvalue weighted by molar-refractivity contribution is 5.65. The van der Waals surface area contributed by atoms with Crippen LogP contribution in [0.3, 0.4) is 0 Å². The van der Waals surface area contributed by atoms with Crippen LogP contribution < -0.4 is 11.1 Å². The van der Waals surface area contributed by atoms with E-state index in [0.29, 0.717) is 6.54 Å². The van der Waals surface area contributed by atoms with Gasteiger partial charge < -0.3 is 20.5 Å². The van der Waals surface area contributed by atoms with Crippen molar-refractivity contribution in [1.82, 2.24) is 0 Å². The fourth-order valence-electron chi connectivity index (χ4n) is 1.11. The van der Waals surface area contributed by atoms with Crippen molar-refractivity contribution >= 4 is 11.4 Å². The van der Waals surface area contributed by atoms with Crippen molar-refractivity contribution in [1.29, 1.82) is 0 Å². The second kappa shape index (κ2) is 5.47. The van der Waals surface area contributed by atoms with Crippen LogP contribution in [0, 0.1) is 0 Å². The van der Waals surface area contributed by atoms with E-state index in [4.69, 9.17) is 15.2 Å². The first kappa shape index (κ1) is 10.8. The zero-order chi connectivity index (χ0) is 10.4. The number of methoxy groups -OCH3 is 2. The second-order valence-corrected chi connectivity index (χ2v) is 2.87. The first-order valence-electron chi connectivity index (χ1n) is 4.42. The average molecular weight is 196 g/mol. The third-order valence-electron chi connectivity index (χ3n) is 1.95. The molecule has 0 atom stereocenters. The molecule has 0 amide bonds. The fourth-order valence-corrected chi connectivity index (χ4v) is 1.11. The number of para-hydroxylation sites is 2. The number of nitrogens with one attached hydrogen (secondary N) is 1. The van der Waals surface area contributed by atoms with Crippen LogP contribution in [0.15, 0.2) is 24.3 Å². The van der Waals surface area contributed by atoms with Crippen LogP contribution in [0.25, 0.3) is 0 Å². The summed E-state index contributed by atoms with van der Waals surface area (Å²) in [6.45, 7) is 0.571. The molecule has 0 aliphatic carbocycles. The molecular weight excluding hydrogens is 180 g/mol. The van der Waals surface area contributed by atoms with Crippen LogP contribution in [0.4, 0.5) is 11.4 Å². The number of benzene rings is 1. The van der Waals surface area contributed by atoms with E-state index < -0.39 is 0 Å². The van der Waals surface area contributed by atoms with Gasteiger partial charge in [0.1, 0.15) is 0 Å². The van der Waals surface area contributed by atoms with Gasteiger partial charge in [-0.25, -0.2) is 0 Å². The zero-order valence-corrected chi connectivity index (χ0v) is 8.49. The lowest BCUT2D eigenvalue weighted by Gasteiger charge is -2.15. The summed E-state index contributed by atoms with van der Waals surface area (Å²) in [5.74, 6) is 0. The Labute approximate surface area is 84.0 Å². The van der Waals surface area contributed by atoms with Crippen LogP contribution in [0.5, 0.6) is 0 Å². The Bertz CT molecular complexity index is 275. The maximum atomic E-state index is 5.75. The van der Waals surface area contributed by atoms with Crippen molar-refractivity contribution in [3.8, 4) is 0 Å². The normalized spacial score (nSPS) is 10.5. The smallest absolute Gasteiger partial charge is 0.173 e. The first-order chi connectivity index (χ1) is 6.77. The molecule has 1 aromatic carbocycles. The van der Waals surface area contributed by atoms with Gasteiger partial charge in [0, 0.05) is 14.2 Å². The lowest BCUT2D eigenvalue weighted by atomic mass is 10.3. The van der Waals surface area contributed by atoms with Gasteiger partial charge in [-0.2, -0.15) is 0 Å². The SMILES string of the molecule is COC(CNc1ccccc1N)OC. The minimum atomic E-state index is -0.255. The Morgan fingerprint density at radius 3 is 2.50 bits per heavy atom. The Hall–Kier alpha value is -1.26. The lowest BCUT2D eigenvalue weighted by Crippen LogP contribution is -2.23. The van der Waals surface area contributed by atoms with Crippen LogP contribution >= 0.6 is 0 Å². The van der Waals surface area contributed by atoms with Gasteiger partial charge in [0.15, 0.2) is 6.29 Å². The summed E-state index contributed by atoms with van der Waals surface area (Å²) in [7, 11) is 3.20. The quantitative estimate of drug-likeness (QED) is 0.550. The van der Waals surface area contributed by atoms with E-state index in [2.05, 4.69) is 5.32 Å². The van der Waals surface area contributed by atoms with Crippen molar-refractivity contribution in [2.45, 2.75) is 6.29 Å². The number of hydrogen-bond donors (Lipinski definition) is 2. The van der Waals surface area contributed by atoms with E-state index in [9.17, 15) is 0 Å². The molecule has 0 radical (unpaired) electrons. The molecule has 0 saturated carbocycles. The van der Waals surface area contributed by atoms with Gasteiger partial charge in [-0.15, -0.1) is 0 Å². The Morgan fingerprint density at radius 1 is 1.29 bits per heavy atom. The molecular formula is C10H16N2O2. The number of rotatable bonds is 5. The maximum Gasteiger partial charge on any atom is 0.173 e. The van der Waals surface area contributed by atoms with Gasteiger partial charge in [-0.3, -0.25) is 0 Å². The summed E-state index contributed by atoms with van der Waals surface area (Å²) in [5, 5.41) is 3.14. The second-order valence-electron chi connectivity index (χ2n) is 2.87. The van der Waals surface area contributed by atoms with Crippen molar-refractivity contribution in [2.75, 3.05) is 31.8 Å². The number of hydrogen-bond acceptors (Lipinski definition) is 4. The Morgan fingerprint density at radius 2 is 1.93 bits per heavy atom. The van der Waals surface area contributed by atoms with E-state index in [0.717, 1.165) is 11.4 Å². The summed E-state index contributed by atoms with van der Waals surface area (Å²) < 4.78 is 10.1. The zero-order valence-electron chi connectivity index (χ0n) is 8.49. The number of ether oxygens (including phenoxy) is 2. The molecule has 0 saturated heterocycles. The summed E-state index contributed by atoms with van der Waals surface area (Å²) >= 11 is 0. The van der Waals surface area contributed by atoms with Crippen LogP contribution in [0.1, 0.15) is 0 Å². The molecule has 0 heterocycles. The van der Waals surface area contributed by atoms with Gasteiger partial charge in [0.2, 0.25) is 0 Å². The van der Waals surface area contributed by atoms with Gasteiger partial charge in [-0.05, 0) is 12.1 Å². The molecule has 4 heteroatoms. The predicted octanol–water partition coefficient (Wildman–Crippen LogP) is 1.30. The van der Waals surface area contributed by atoms with Gasteiger partial charge >= 0.3 is 0 Å². The van der Waals surface area contributed by atoms with Gasteiger partial charge in [0.05, 0.1) is 17.9 Å². The Balaban J connectivity index is 2.49. The highest BCUT2D eigenvalue weighted by Gasteiger charge is 2.04. The van der Waals surface area contributed by atoms with Crippen molar-refractivity contribution in [3.63, 3.8) is 0 Å². The maximum absolute atomic E-state index is 5.75. The molecule has 0 aromatic heterocycles. The summed E-state index contributed by atoms with van der Waals surface area (Å²) in [4.78, 5) is 0. The van der Waals surface area contributed by atoms with E-state index in [1.165, 1.54) is 0 Å². The molecule has 0 fully saturated rings. The average Bonchev–Trinajstić information content (AvgIpc) is 2.22. The molecule has 0 aliphatic heterocycles. The van der Waals surface area contributed by atoms with Crippen molar-refractivity contribution < 1.29 is 9.47 Å². The number of nitrogen functional groups attached to an aromatic ring is 1. The Kier molecular flexibility index (Phi) is 4.22. The third-order valence-corrected chi connectivity index (χ3v) is 1.95. The van der Waals surface area contributed by atoms with Gasteiger partial charge in [-0.1, -0.05) is 12.1 Å². The molecule has 0 spiro atoms. The standard InChI is InChI=1S/C10H16N2O2/c1-13-10(14-2)7-12-9-6-4-3-5-8(9)11/h3-6,10,12H,7,11H2,1-2H3. The monoisotopic (exact) mass is 196 g/mol. The largest absolute Gasteiger partial charge is 0.397 e. The summed E-state index contributed by atoms with van der Waals surface area (Å²) in [5.41, 5.74) is 7.36. The molecule has 14 heavy (non-hydrogen) atoms. The third kappa shape index (κ3) is 2.90. The predicted molar refractivity (Wildman–Crippen MR) is 57.2 cm³/mol. The molecule has 1 aromatic rings. The van der Waals surface area contributed by atoms with Crippen molar-refractivity contribution in [2.24, 2.45) is 0 Å². The molecule has 1 rings (SSSR count). The number of anilines is 2. The van der Waals surface area contributed by atoms with Gasteiger partial charge in [0.25, 0.3) is 0 Å². The van der Waals surface area contributed by atoms with E-state index >= 15 is 0 Å². The molecule has 0 aliphatic rings. The minimum absolute atomic E-state index is 0.255. The molecule has 0 bridgehead atoms. The van der Waals surface area contributed by atoms with E-state index in [1.54, 1.807) is 14.2 Å². The highest BCUT2D eigenvalue weighted by atomic mass is 16.7. The minimum Gasteiger partial charge on any atom is -0.397 e. The first-order valence-corrected chi connectivity index (χ1v) is 4.42. The van der Waals surface area contributed by atoms with E-state index in [-0.39, 0.29) is 6.29 Å². The number of nitrogens with two attached hydrogens (primary N) is 1. The van der Waals surface area contributed by atoms with Crippen LogP contribution in [-0.2, 0) is 9.47 Å². The molecule has 3 N–H and O–H groups in total. The lowest BCUT2D eigenvalue weighted by molar-refractivity contribution is -0.0913. The fraction of sp³-hybridized carbons (Fsp3) is 0.400. The highest BCUT2D eigenvalue weighted by Crippen LogP contribution is 2.16. The van der Waals surface area contributed by atoms with Crippen molar-refractivity contribution in [3.05, 3.63) is 24.3 Å². The van der Waals surface area contributed by atoms with E-state index in [1.807, 2.05) is 24.3 Å². The topological polar surface area (TPSA) is 56.5 Å². The molecule has 78 valence electrons. The molecule has 4 nitrogen and oxygen atoms in total. The van der Waals surface area contributed by atoms with Crippen LogP contribution in [0.2, 0.25) is 0 Å². The molecule has 0 unspecified atom stereocenters. The van der Waals surface area contributed by atoms with Crippen LogP contribution in [-0.4, -0.2) is 27.1 Å². The summed E-state index contributed by atoms with van der Waals surface area (Å²) in [6, 6.07) is 7.58.